The number of anilines is 1. The van der Waals surface area contributed by atoms with Crippen molar-refractivity contribution in [3.8, 4) is 0 Å². The molecule has 0 fully saturated rings. The van der Waals surface area contributed by atoms with E-state index in [1.807, 2.05) is 32.0 Å². The van der Waals surface area contributed by atoms with E-state index < -0.39 is 6.10 Å². The maximum Gasteiger partial charge on any atom is 0.126 e. The van der Waals surface area contributed by atoms with Crippen LogP contribution in [0.3, 0.4) is 0 Å². The monoisotopic (exact) mass is 243 g/mol. The standard InChI is InChI=1S/C14H17N3O/c1-9-6-10(2)13(17-8-9)12(18)7-11-4-3-5-16-14(11)15/h3-6,8,12,18H,7H2,1-2H3,(H2,15,16). The number of nitrogen functional groups attached to an aromatic ring is 1. The quantitative estimate of drug-likeness (QED) is 0.864. The van der Waals surface area contributed by atoms with Crippen molar-refractivity contribution in [2.75, 3.05) is 5.73 Å². The number of hydrogen-bond donors (Lipinski definition) is 2. The molecule has 0 aliphatic rings. The van der Waals surface area contributed by atoms with Crippen molar-refractivity contribution in [2.24, 2.45) is 0 Å². The maximum absolute atomic E-state index is 10.2. The van der Waals surface area contributed by atoms with Crippen molar-refractivity contribution in [3.63, 3.8) is 0 Å². The fraction of sp³-hybridized carbons (Fsp3) is 0.286. The van der Waals surface area contributed by atoms with E-state index in [2.05, 4.69) is 9.97 Å². The van der Waals surface area contributed by atoms with Gasteiger partial charge in [0.1, 0.15) is 11.9 Å². The Balaban J connectivity index is 2.22. The molecule has 2 aromatic heterocycles. The van der Waals surface area contributed by atoms with Crippen molar-refractivity contribution in [1.29, 1.82) is 0 Å². The summed E-state index contributed by atoms with van der Waals surface area (Å²) < 4.78 is 0. The second-order valence-corrected chi connectivity index (χ2v) is 4.48. The molecule has 0 spiro atoms. The summed E-state index contributed by atoms with van der Waals surface area (Å²) in [5, 5.41) is 10.2. The van der Waals surface area contributed by atoms with E-state index in [1.54, 1.807) is 12.4 Å². The van der Waals surface area contributed by atoms with Crippen LogP contribution in [0.5, 0.6) is 0 Å². The molecule has 0 aromatic carbocycles. The number of aliphatic hydroxyl groups is 1. The van der Waals surface area contributed by atoms with Crippen molar-refractivity contribution >= 4 is 5.82 Å². The summed E-state index contributed by atoms with van der Waals surface area (Å²) in [7, 11) is 0. The molecule has 4 nitrogen and oxygen atoms in total. The summed E-state index contributed by atoms with van der Waals surface area (Å²) in [5.74, 6) is 0.460. The minimum atomic E-state index is -0.655. The highest BCUT2D eigenvalue weighted by Crippen LogP contribution is 2.22. The van der Waals surface area contributed by atoms with Gasteiger partial charge in [-0.1, -0.05) is 12.1 Å². The van der Waals surface area contributed by atoms with E-state index in [0.717, 1.165) is 16.7 Å². The molecule has 3 N–H and O–H groups in total. The van der Waals surface area contributed by atoms with Crippen LogP contribution in [0.15, 0.2) is 30.6 Å². The fourth-order valence-corrected chi connectivity index (χ4v) is 2.00. The Hall–Kier alpha value is -1.94. The summed E-state index contributed by atoms with van der Waals surface area (Å²) in [6.45, 7) is 3.93. The van der Waals surface area contributed by atoms with Crippen LogP contribution in [0.4, 0.5) is 5.82 Å². The average Bonchev–Trinajstić information content (AvgIpc) is 2.32. The van der Waals surface area contributed by atoms with Crippen molar-refractivity contribution < 1.29 is 5.11 Å². The summed E-state index contributed by atoms with van der Waals surface area (Å²) >= 11 is 0. The molecule has 0 amide bonds. The average molecular weight is 243 g/mol. The third-order valence-electron chi connectivity index (χ3n) is 2.91. The Labute approximate surface area is 107 Å². The predicted octanol–water partition coefficient (Wildman–Crippen LogP) is 1.95. The van der Waals surface area contributed by atoms with Crippen molar-refractivity contribution in [3.05, 3.63) is 53.0 Å². The summed E-state index contributed by atoms with van der Waals surface area (Å²) in [6, 6.07) is 5.70. The van der Waals surface area contributed by atoms with Crippen LogP contribution in [0.1, 0.15) is 28.5 Å². The predicted molar refractivity (Wildman–Crippen MR) is 71.0 cm³/mol. The number of aryl methyl sites for hydroxylation is 2. The molecular weight excluding hydrogens is 226 g/mol. The van der Waals surface area contributed by atoms with Crippen LogP contribution in [0, 0.1) is 13.8 Å². The minimum absolute atomic E-state index is 0.427. The Kier molecular flexibility index (Phi) is 3.58. The number of hydrogen-bond acceptors (Lipinski definition) is 4. The highest BCUT2D eigenvalue weighted by molar-refractivity contribution is 5.39. The Morgan fingerprint density at radius 3 is 2.78 bits per heavy atom. The zero-order valence-electron chi connectivity index (χ0n) is 10.6. The van der Waals surface area contributed by atoms with Crippen molar-refractivity contribution in [2.45, 2.75) is 26.4 Å². The number of rotatable bonds is 3. The molecule has 18 heavy (non-hydrogen) atoms. The molecule has 2 heterocycles. The lowest BCUT2D eigenvalue weighted by Crippen LogP contribution is -2.08. The lowest BCUT2D eigenvalue weighted by molar-refractivity contribution is 0.173. The molecule has 0 radical (unpaired) electrons. The van der Waals surface area contributed by atoms with Gasteiger partial charge in [-0.3, -0.25) is 4.98 Å². The molecule has 1 atom stereocenters. The summed E-state index contributed by atoms with van der Waals surface area (Å²) in [6.07, 6.45) is 3.17. The molecule has 94 valence electrons. The van der Waals surface area contributed by atoms with Crippen LogP contribution in [0.25, 0.3) is 0 Å². The van der Waals surface area contributed by atoms with E-state index in [0.29, 0.717) is 17.9 Å². The van der Waals surface area contributed by atoms with Gasteiger partial charge in [0.05, 0.1) is 5.69 Å². The zero-order chi connectivity index (χ0) is 13.1. The second kappa shape index (κ2) is 5.14. The number of pyridine rings is 2. The summed E-state index contributed by atoms with van der Waals surface area (Å²) in [5.41, 5.74) is 9.38. The van der Waals surface area contributed by atoms with Crippen LogP contribution in [-0.4, -0.2) is 15.1 Å². The molecule has 1 unspecified atom stereocenters. The van der Waals surface area contributed by atoms with Gasteiger partial charge in [-0.25, -0.2) is 4.98 Å². The van der Waals surface area contributed by atoms with Crippen LogP contribution < -0.4 is 5.73 Å². The zero-order valence-corrected chi connectivity index (χ0v) is 10.6. The van der Waals surface area contributed by atoms with Crippen LogP contribution >= 0.6 is 0 Å². The first-order chi connectivity index (χ1) is 8.58. The van der Waals surface area contributed by atoms with E-state index in [9.17, 15) is 5.11 Å². The first-order valence-corrected chi connectivity index (χ1v) is 5.88. The maximum atomic E-state index is 10.2. The third kappa shape index (κ3) is 2.65. The lowest BCUT2D eigenvalue weighted by Gasteiger charge is -2.14. The fourth-order valence-electron chi connectivity index (χ4n) is 2.00. The van der Waals surface area contributed by atoms with Gasteiger partial charge in [0.15, 0.2) is 0 Å². The summed E-state index contributed by atoms with van der Waals surface area (Å²) in [4.78, 5) is 8.30. The highest BCUT2D eigenvalue weighted by Gasteiger charge is 2.14. The van der Waals surface area contributed by atoms with Gasteiger partial charge >= 0.3 is 0 Å². The van der Waals surface area contributed by atoms with E-state index >= 15 is 0 Å². The first kappa shape index (κ1) is 12.5. The molecule has 0 saturated heterocycles. The van der Waals surface area contributed by atoms with E-state index in [-0.39, 0.29) is 0 Å². The van der Waals surface area contributed by atoms with Crippen molar-refractivity contribution in [1.82, 2.24) is 9.97 Å². The second-order valence-electron chi connectivity index (χ2n) is 4.48. The molecule has 0 aliphatic heterocycles. The Morgan fingerprint density at radius 1 is 1.33 bits per heavy atom. The van der Waals surface area contributed by atoms with E-state index in [4.69, 9.17) is 5.73 Å². The molecular formula is C14H17N3O. The molecule has 2 rings (SSSR count). The van der Waals surface area contributed by atoms with Gasteiger partial charge in [0, 0.05) is 18.8 Å². The highest BCUT2D eigenvalue weighted by atomic mass is 16.3. The Bertz CT molecular complexity index is 554. The molecule has 0 aliphatic carbocycles. The third-order valence-corrected chi connectivity index (χ3v) is 2.91. The van der Waals surface area contributed by atoms with Gasteiger partial charge in [-0.05, 0) is 36.6 Å². The van der Waals surface area contributed by atoms with E-state index in [1.165, 1.54) is 0 Å². The molecule has 0 bridgehead atoms. The Morgan fingerprint density at radius 2 is 2.11 bits per heavy atom. The number of nitrogens with zero attached hydrogens (tertiary/aromatic N) is 2. The number of aromatic nitrogens is 2. The van der Waals surface area contributed by atoms with Gasteiger partial charge in [-0.15, -0.1) is 0 Å². The van der Waals surface area contributed by atoms with Gasteiger partial charge < -0.3 is 10.8 Å². The van der Waals surface area contributed by atoms with Gasteiger partial charge in [0.25, 0.3) is 0 Å². The molecule has 0 saturated carbocycles. The van der Waals surface area contributed by atoms with Gasteiger partial charge in [0.2, 0.25) is 0 Å². The number of nitrogens with two attached hydrogens (primary N) is 1. The smallest absolute Gasteiger partial charge is 0.126 e. The first-order valence-electron chi connectivity index (χ1n) is 5.88. The molecule has 4 heteroatoms. The van der Waals surface area contributed by atoms with Gasteiger partial charge in [-0.2, -0.15) is 0 Å². The normalized spacial score (nSPS) is 12.4. The minimum Gasteiger partial charge on any atom is -0.386 e. The SMILES string of the molecule is Cc1cnc(C(O)Cc2cccnc2N)c(C)c1. The number of aliphatic hydroxyl groups excluding tert-OH is 1. The van der Waals surface area contributed by atoms with Crippen LogP contribution in [0.2, 0.25) is 0 Å². The molecule has 2 aromatic rings. The topological polar surface area (TPSA) is 72.0 Å². The lowest BCUT2D eigenvalue weighted by atomic mass is 10.0. The largest absolute Gasteiger partial charge is 0.386 e. The van der Waals surface area contributed by atoms with Crippen LogP contribution in [-0.2, 0) is 6.42 Å².